The second-order valence-electron chi connectivity index (χ2n) is 4.92. The number of non-ortho nitro benzene ring substituents is 1. The standard InChI is InChI=1S/C15H10N6O3/c1-9(22)19-15-14-13(10-2-4-12(5-3-10)21(23)24)11(6-16)7-20(14)18-8-17-15/h2-5,7-8H,1H3,(H,17,18,19,22). The van der Waals surface area contributed by atoms with Gasteiger partial charge in [0.05, 0.1) is 10.5 Å². The summed E-state index contributed by atoms with van der Waals surface area (Å²) in [6.07, 6.45) is 2.78. The third-order valence-electron chi connectivity index (χ3n) is 3.36. The van der Waals surface area contributed by atoms with E-state index < -0.39 is 4.92 Å². The van der Waals surface area contributed by atoms with Crippen molar-refractivity contribution >= 4 is 22.9 Å². The number of aromatic nitrogens is 3. The molecule has 3 aromatic rings. The first kappa shape index (κ1) is 15.1. The third-order valence-corrected chi connectivity index (χ3v) is 3.36. The Balaban J connectivity index is 2.27. The highest BCUT2D eigenvalue weighted by Crippen LogP contribution is 2.33. The van der Waals surface area contributed by atoms with Gasteiger partial charge in [0.1, 0.15) is 17.9 Å². The van der Waals surface area contributed by atoms with Gasteiger partial charge < -0.3 is 5.32 Å². The molecule has 3 rings (SSSR count). The second-order valence-corrected chi connectivity index (χ2v) is 4.92. The Morgan fingerprint density at radius 2 is 2.08 bits per heavy atom. The molecule has 9 nitrogen and oxygen atoms in total. The number of nitrogens with zero attached hydrogens (tertiary/aromatic N) is 5. The molecule has 2 aromatic heterocycles. The zero-order chi connectivity index (χ0) is 17.3. The van der Waals surface area contributed by atoms with Crippen molar-refractivity contribution in [2.24, 2.45) is 0 Å². The van der Waals surface area contributed by atoms with Crippen LogP contribution in [0.15, 0.2) is 36.8 Å². The van der Waals surface area contributed by atoms with Crippen molar-refractivity contribution in [3.8, 4) is 17.2 Å². The van der Waals surface area contributed by atoms with E-state index in [-0.39, 0.29) is 17.4 Å². The summed E-state index contributed by atoms with van der Waals surface area (Å²) in [6, 6.07) is 7.85. The Kier molecular flexibility index (Phi) is 3.63. The number of nitro benzene ring substituents is 1. The topological polar surface area (TPSA) is 126 Å². The summed E-state index contributed by atoms with van der Waals surface area (Å²) in [5.41, 5.74) is 1.78. The molecular formula is C15H10N6O3. The van der Waals surface area contributed by atoms with Gasteiger partial charge >= 0.3 is 0 Å². The van der Waals surface area contributed by atoms with E-state index in [1.54, 1.807) is 12.1 Å². The van der Waals surface area contributed by atoms with Crippen LogP contribution in [0.1, 0.15) is 12.5 Å². The molecule has 0 saturated carbocycles. The van der Waals surface area contributed by atoms with Crippen molar-refractivity contribution in [3.05, 3.63) is 52.5 Å². The number of rotatable bonds is 3. The van der Waals surface area contributed by atoms with Crippen LogP contribution in [-0.4, -0.2) is 25.4 Å². The third kappa shape index (κ3) is 2.52. The second kappa shape index (κ2) is 5.77. The van der Waals surface area contributed by atoms with E-state index in [0.29, 0.717) is 22.2 Å². The van der Waals surface area contributed by atoms with Crippen molar-refractivity contribution in [2.45, 2.75) is 6.92 Å². The van der Waals surface area contributed by atoms with Crippen LogP contribution in [0.4, 0.5) is 11.5 Å². The van der Waals surface area contributed by atoms with Crippen LogP contribution in [0.2, 0.25) is 0 Å². The predicted octanol–water partition coefficient (Wildman–Crippen LogP) is 2.13. The smallest absolute Gasteiger partial charge is 0.269 e. The summed E-state index contributed by atoms with van der Waals surface area (Å²) in [7, 11) is 0. The van der Waals surface area contributed by atoms with Gasteiger partial charge in [-0.2, -0.15) is 10.4 Å². The van der Waals surface area contributed by atoms with Gasteiger partial charge in [-0.05, 0) is 17.7 Å². The van der Waals surface area contributed by atoms with Gasteiger partial charge in [0.2, 0.25) is 5.91 Å². The number of nitriles is 1. The van der Waals surface area contributed by atoms with E-state index in [1.807, 2.05) is 0 Å². The van der Waals surface area contributed by atoms with Crippen molar-refractivity contribution < 1.29 is 9.72 Å². The van der Waals surface area contributed by atoms with Crippen molar-refractivity contribution in [2.75, 3.05) is 5.32 Å². The molecule has 0 aliphatic carbocycles. The lowest BCUT2D eigenvalue weighted by Crippen LogP contribution is -2.09. The molecule has 0 aliphatic rings. The molecule has 1 amide bonds. The normalized spacial score (nSPS) is 10.3. The van der Waals surface area contributed by atoms with Gasteiger partial charge in [-0.1, -0.05) is 0 Å². The molecule has 0 unspecified atom stereocenters. The predicted molar refractivity (Wildman–Crippen MR) is 84.1 cm³/mol. The highest BCUT2D eigenvalue weighted by atomic mass is 16.6. The van der Waals surface area contributed by atoms with Gasteiger partial charge in [-0.15, -0.1) is 0 Å². The molecule has 0 saturated heterocycles. The molecule has 0 radical (unpaired) electrons. The SMILES string of the molecule is CC(=O)Nc1ncnn2cc(C#N)c(-c3ccc([N+](=O)[O-])cc3)c12. The van der Waals surface area contributed by atoms with E-state index in [0.717, 1.165) is 0 Å². The highest BCUT2D eigenvalue weighted by Gasteiger charge is 2.19. The molecule has 1 aromatic carbocycles. The number of fused-ring (bicyclic) bond motifs is 1. The summed E-state index contributed by atoms with van der Waals surface area (Å²) in [5, 5.41) is 26.8. The van der Waals surface area contributed by atoms with Crippen LogP contribution in [0.3, 0.4) is 0 Å². The fraction of sp³-hybridized carbons (Fsp3) is 0.0667. The monoisotopic (exact) mass is 322 g/mol. The number of nitro groups is 1. The fourth-order valence-electron chi connectivity index (χ4n) is 2.40. The summed E-state index contributed by atoms with van der Waals surface area (Å²) in [6.45, 7) is 1.35. The average molecular weight is 322 g/mol. The van der Waals surface area contributed by atoms with Crippen molar-refractivity contribution in [1.82, 2.24) is 14.6 Å². The zero-order valence-electron chi connectivity index (χ0n) is 12.4. The molecular weight excluding hydrogens is 312 g/mol. The lowest BCUT2D eigenvalue weighted by Gasteiger charge is -2.06. The first-order chi connectivity index (χ1) is 11.5. The Morgan fingerprint density at radius 3 is 2.67 bits per heavy atom. The lowest BCUT2D eigenvalue weighted by atomic mass is 10.0. The van der Waals surface area contributed by atoms with E-state index in [2.05, 4.69) is 21.5 Å². The van der Waals surface area contributed by atoms with Crippen LogP contribution in [0, 0.1) is 21.4 Å². The molecule has 0 atom stereocenters. The zero-order valence-corrected chi connectivity index (χ0v) is 12.4. The number of anilines is 1. The van der Waals surface area contributed by atoms with Gasteiger partial charge in [-0.3, -0.25) is 14.9 Å². The maximum absolute atomic E-state index is 11.4. The maximum atomic E-state index is 11.4. The number of carbonyl (C=O) groups is 1. The van der Waals surface area contributed by atoms with Crippen LogP contribution in [0.25, 0.3) is 16.6 Å². The molecule has 0 aliphatic heterocycles. The number of amides is 1. The van der Waals surface area contributed by atoms with Crippen molar-refractivity contribution in [3.63, 3.8) is 0 Å². The van der Waals surface area contributed by atoms with E-state index >= 15 is 0 Å². The van der Waals surface area contributed by atoms with E-state index in [1.165, 1.54) is 36.1 Å². The average Bonchev–Trinajstić information content (AvgIpc) is 2.94. The number of hydrogen-bond donors (Lipinski definition) is 1. The molecule has 24 heavy (non-hydrogen) atoms. The van der Waals surface area contributed by atoms with Crippen molar-refractivity contribution in [1.29, 1.82) is 5.26 Å². The maximum Gasteiger partial charge on any atom is 0.269 e. The number of hydrogen-bond acceptors (Lipinski definition) is 6. The largest absolute Gasteiger partial charge is 0.309 e. The molecule has 0 bridgehead atoms. The molecule has 2 heterocycles. The molecule has 0 fully saturated rings. The number of benzene rings is 1. The summed E-state index contributed by atoms with van der Waals surface area (Å²) in [4.78, 5) is 25.7. The number of nitrogens with one attached hydrogen (secondary N) is 1. The summed E-state index contributed by atoms with van der Waals surface area (Å²) >= 11 is 0. The molecule has 118 valence electrons. The Morgan fingerprint density at radius 1 is 1.38 bits per heavy atom. The Hall–Kier alpha value is -3.80. The first-order valence-electron chi connectivity index (χ1n) is 6.80. The Bertz CT molecular complexity index is 1000. The molecule has 1 N–H and O–H groups in total. The number of carbonyl (C=O) groups excluding carboxylic acids is 1. The van der Waals surface area contributed by atoms with E-state index in [9.17, 15) is 20.2 Å². The minimum absolute atomic E-state index is 0.0564. The summed E-state index contributed by atoms with van der Waals surface area (Å²) in [5.74, 6) is -0.0580. The minimum atomic E-state index is -0.501. The minimum Gasteiger partial charge on any atom is -0.309 e. The van der Waals surface area contributed by atoms with Crippen LogP contribution in [-0.2, 0) is 4.79 Å². The van der Waals surface area contributed by atoms with Crippen LogP contribution in [0.5, 0.6) is 0 Å². The lowest BCUT2D eigenvalue weighted by molar-refractivity contribution is -0.384. The summed E-state index contributed by atoms with van der Waals surface area (Å²) < 4.78 is 1.44. The first-order valence-corrected chi connectivity index (χ1v) is 6.80. The van der Waals surface area contributed by atoms with Gasteiger partial charge in [0, 0.05) is 30.8 Å². The van der Waals surface area contributed by atoms with Gasteiger partial charge in [-0.25, -0.2) is 9.50 Å². The fourth-order valence-corrected chi connectivity index (χ4v) is 2.40. The molecule has 0 spiro atoms. The quantitative estimate of drug-likeness (QED) is 0.581. The van der Waals surface area contributed by atoms with Crippen LogP contribution < -0.4 is 5.32 Å². The molecule has 9 heteroatoms. The van der Waals surface area contributed by atoms with Crippen LogP contribution >= 0.6 is 0 Å². The van der Waals surface area contributed by atoms with Gasteiger partial charge in [0.15, 0.2) is 5.82 Å². The van der Waals surface area contributed by atoms with Gasteiger partial charge in [0.25, 0.3) is 5.69 Å². The Labute approximate surface area is 135 Å². The van der Waals surface area contributed by atoms with E-state index in [4.69, 9.17) is 0 Å². The highest BCUT2D eigenvalue weighted by molar-refractivity contribution is 5.98.